The van der Waals surface area contributed by atoms with E-state index in [1.807, 2.05) is 36.4 Å². The quantitative estimate of drug-likeness (QED) is 0.340. The highest BCUT2D eigenvalue weighted by Gasteiger charge is 2.30. The Kier molecular flexibility index (Phi) is 6.46. The molecule has 0 amide bonds. The molecule has 0 radical (unpaired) electrons. The van der Waals surface area contributed by atoms with Gasteiger partial charge in [0.25, 0.3) is 0 Å². The summed E-state index contributed by atoms with van der Waals surface area (Å²) in [6.07, 6.45) is -1.42. The van der Waals surface area contributed by atoms with E-state index < -0.39 is 6.36 Å². The van der Waals surface area contributed by atoms with Gasteiger partial charge in [0.1, 0.15) is 17.4 Å². The second-order valence-electron chi connectivity index (χ2n) is 7.20. The van der Waals surface area contributed by atoms with E-state index in [-0.39, 0.29) is 5.75 Å². The van der Waals surface area contributed by atoms with Gasteiger partial charge in [-0.1, -0.05) is 35.9 Å². The summed E-state index contributed by atoms with van der Waals surface area (Å²) in [5.74, 6) is 0.967. The van der Waals surface area contributed by atoms with Gasteiger partial charge in [-0.2, -0.15) is 0 Å². The van der Waals surface area contributed by atoms with Gasteiger partial charge in [-0.3, -0.25) is 4.98 Å². The third-order valence-electron chi connectivity index (χ3n) is 4.68. The highest BCUT2D eigenvalue weighted by molar-refractivity contribution is 6.30. The van der Waals surface area contributed by atoms with E-state index in [2.05, 4.69) is 25.0 Å². The van der Waals surface area contributed by atoms with Crippen molar-refractivity contribution in [2.45, 2.75) is 19.8 Å². The summed E-state index contributed by atoms with van der Waals surface area (Å²) in [5.41, 5.74) is 3.92. The van der Waals surface area contributed by atoms with Crippen LogP contribution in [-0.2, 0) is 6.54 Å². The first kappa shape index (κ1) is 22.5. The molecule has 0 bridgehead atoms. The topological polar surface area (TPSA) is 59.9 Å². The molecule has 4 aromatic rings. The van der Waals surface area contributed by atoms with Crippen molar-refractivity contribution in [3.8, 4) is 28.1 Å². The maximum atomic E-state index is 12.4. The number of pyridine rings is 1. The number of anilines is 1. The number of benzene rings is 2. The van der Waals surface area contributed by atoms with Crippen LogP contribution in [0.2, 0.25) is 5.02 Å². The fourth-order valence-electron chi connectivity index (χ4n) is 3.19. The summed E-state index contributed by atoms with van der Waals surface area (Å²) in [6, 6.07) is 16.8. The van der Waals surface area contributed by atoms with Gasteiger partial charge >= 0.3 is 6.36 Å². The van der Waals surface area contributed by atoms with Crippen LogP contribution in [0.25, 0.3) is 22.4 Å². The van der Waals surface area contributed by atoms with Crippen LogP contribution < -0.4 is 10.1 Å². The minimum Gasteiger partial charge on any atom is -0.406 e. The minimum absolute atomic E-state index is 0.279. The average Bonchev–Trinajstić information content (AvgIpc) is 2.78. The molecule has 2 heterocycles. The SMILES string of the molecule is Cc1nc(NCc2ccc(Cl)cc2)cc(-c2cncc(-c3ccc(OC(F)(F)F)cc3)c2)n1. The Morgan fingerprint density at radius 1 is 0.879 bits per heavy atom. The van der Waals surface area contributed by atoms with Crippen molar-refractivity contribution in [3.05, 3.63) is 89.5 Å². The van der Waals surface area contributed by atoms with Crippen molar-refractivity contribution in [3.63, 3.8) is 0 Å². The molecule has 0 saturated carbocycles. The fraction of sp³-hybridized carbons (Fsp3) is 0.125. The van der Waals surface area contributed by atoms with Gasteiger partial charge in [-0.05, 0) is 48.4 Å². The molecule has 5 nitrogen and oxygen atoms in total. The van der Waals surface area contributed by atoms with E-state index >= 15 is 0 Å². The van der Waals surface area contributed by atoms with Crippen molar-refractivity contribution in [2.24, 2.45) is 0 Å². The molecule has 0 aliphatic heterocycles. The largest absolute Gasteiger partial charge is 0.573 e. The molecule has 2 aromatic heterocycles. The number of ether oxygens (including phenoxy) is 1. The van der Waals surface area contributed by atoms with Gasteiger partial charge in [-0.25, -0.2) is 9.97 Å². The third kappa shape index (κ3) is 6.20. The fourth-order valence-corrected chi connectivity index (χ4v) is 3.31. The molecule has 168 valence electrons. The van der Waals surface area contributed by atoms with Crippen LogP contribution in [0.1, 0.15) is 11.4 Å². The monoisotopic (exact) mass is 470 g/mol. The Morgan fingerprint density at radius 2 is 1.58 bits per heavy atom. The molecule has 33 heavy (non-hydrogen) atoms. The summed E-state index contributed by atoms with van der Waals surface area (Å²) < 4.78 is 41.1. The Morgan fingerprint density at radius 3 is 2.27 bits per heavy atom. The van der Waals surface area contributed by atoms with Crippen molar-refractivity contribution >= 4 is 17.4 Å². The predicted molar refractivity (Wildman–Crippen MR) is 121 cm³/mol. The minimum atomic E-state index is -4.73. The zero-order valence-electron chi connectivity index (χ0n) is 17.4. The number of aromatic nitrogens is 3. The van der Waals surface area contributed by atoms with Crippen LogP contribution in [0.3, 0.4) is 0 Å². The van der Waals surface area contributed by atoms with E-state index in [0.717, 1.165) is 16.7 Å². The Hall–Kier alpha value is -3.65. The van der Waals surface area contributed by atoms with Crippen LogP contribution in [0.4, 0.5) is 19.0 Å². The zero-order valence-corrected chi connectivity index (χ0v) is 18.2. The molecule has 0 spiro atoms. The first-order chi connectivity index (χ1) is 15.7. The van der Waals surface area contributed by atoms with Crippen LogP contribution in [0, 0.1) is 6.92 Å². The molecule has 4 rings (SSSR count). The number of hydrogen-bond donors (Lipinski definition) is 1. The smallest absolute Gasteiger partial charge is 0.406 e. The summed E-state index contributed by atoms with van der Waals surface area (Å²) in [7, 11) is 0. The summed E-state index contributed by atoms with van der Waals surface area (Å²) >= 11 is 5.93. The molecule has 0 atom stereocenters. The molecule has 0 aliphatic rings. The summed E-state index contributed by atoms with van der Waals surface area (Å²) in [5, 5.41) is 3.96. The van der Waals surface area contributed by atoms with Gasteiger partial charge in [0, 0.05) is 41.2 Å². The van der Waals surface area contributed by atoms with E-state index in [1.165, 1.54) is 12.1 Å². The number of nitrogens with zero attached hydrogens (tertiary/aromatic N) is 3. The van der Waals surface area contributed by atoms with Gasteiger partial charge in [-0.15, -0.1) is 13.2 Å². The summed E-state index contributed by atoms with van der Waals surface area (Å²) in [4.78, 5) is 13.2. The van der Waals surface area contributed by atoms with Gasteiger partial charge in [0.05, 0.1) is 5.69 Å². The molecule has 0 fully saturated rings. The lowest BCUT2D eigenvalue weighted by Gasteiger charge is -2.11. The number of nitrogens with one attached hydrogen (secondary N) is 1. The van der Waals surface area contributed by atoms with Crippen LogP contribution in [0.15, 0.2) is 73.1 Å². The van der Waals surface area contributed by atoms with Gasteiger partial charge < -0.3 is 10.1 Å². The highest BCUT2D eigenvalue weighted by Crippen LogP contribution is 2.29. The molecule has 2 aromatic carbocycles. The number of alkyl halides is 3. The molecular weight excluding hydrogens is 453 g/mol. The van der Waals surface area contributed by atoms with Crippen LogP contribution in [-0.4, -0.2) is 21.3 Å². The number of aryl methyl sites for hydroxylation is 1. The van der Waals surface area contributed by atoms with Crippen molar-refractivity contribution < 1.29 is 17.9 Å². The van der Waals surface area contributed by atoms with Crippen molar-refractivity contribution in [1.29, 1.82) is 0 Å². The lowest BCUT2D eigenvalue weighted by Crippen LogP contribution is -2.16. The Balaban J connectivity index is 1.54. The summed E-state index contributed by atoms with van der Waals surface area (Å²) in [6.45, 7) is 2.37. The molecular formula is C24H18ClF3N4O. The van der Waals surface area contributed by atoms with E-state index in [0.29, 0.717) is 34.5 Å². The van der Waals surface area contributed by atoms with Gasteiger partial charge in [0.15, 0.2) is 0 Å². The predicted octanol–water partition coefficient (Wildman–Crippen LogP) is 6.68. The van der Waals surface area contributed by atoms with Crippen LogP contribution >= 0.6 is 11.6 Å². The third-order valence-corrected chi connectivity index (χ3v) is 4.93. The maximum absolute atomic E-state index is 12.4. The number of hydrogen-bond acceptors (Lipinski definition) is 5. The second kappa shape index (κ2) is 9.46. The molecule has 0 saturated heterocycles. The lowest BCUT2D eigenvalue weighted by atomic mass is 10.0. The maximum Gasteiger partial charge on any atom is 0.573 e. The molecule has 0 aliphatic carbocycles. The first-order valence-electron chi connectivity index (χ1n) is 9.91. The Labute approximate surface area is 193 Å². The molecule has 0 unspecified atom stereocenters. The molecule has 9 heteroatoms. The standard InChI is InChI=1S/C24H18ClF3N4O/c1-15-31-22(11-23(32-15)30-12-16-2-6-20(25)7-3-16)19-10-18(13-29-14-19)17-4-8-21(9-5-17)33-24(26,27)28/h2-11,13-14H,12H2,1H3,(H,30,31,32). The van der Waals surface area contributed by atoms with E-state index in [9.17, 15) is 13.2 Å². The number of halogens is 4. The van der Waals surface area contributed by atoms with E-state index in [1.54, 1.807) is 31.5 Å². The normalized spacial score (nSPS) is 11.3. The highest BCUT2D eigenvalue weighted by atomic mass is 35.5. The first-order valence-corrected chi connectivity index (χ1v) is 10.3. The number of rotatable bonds is 6. The van der Waals surface area contributed by atoms with Gasteiger partial charge in [0.2, 0.25) is 0 Å². The van der Waals surface area contributed by atoms with Crippen LogP contribution in [0.5, 0.6) is 5.75 Å². The van der Waals surface area contributed by atoms with Crippen molar-refractivity contribution in [1.82, 2.24) is 15.0 Å². The average molecular weight is 471 g/mol. The van der Waals surface area contributed by atoms with Crippen molar-refractivity contribution in [2.75, 3.05) is 5.32 Å². The second-order valence-corrected chi connectivity index (χ2v) is 7.64. The Bertz CT molecular complexity index is 1250. The molecule has 1 N–H and O–H groups in total. The lowest BCUT2D eigenvalue weighted by molar-refractivity contribution is -0.274. The van der Waals surface area contributed by atoms with E-state index in [4.69, 9.17) is 11.6 Å². The zero-order chi connectivity index (χ0) is 23.4.